The Morgan fingerprint density at radius 2 is 2.05 bits per heavy atom. The van der Waals surface area contributed by atoms with Crippen LogP contribution in [-0.4, -0.2) is 12.5 Å². The van der Waals surface area contributed by atoms with E-state index in [1.54, 1.807) is 31.2 Å². The van der Waals surface area contributed by atoms with Gasteiger partial charge in [-0.1, -0.05) is 19.1 Å². The van der Waals surface area contributed by atoms with Crippen LogP contribution in [0.2, 0.25) is 0 Å². The van der Waals surface area contributed by atoms with E-state index in [0.717, 1.165) is 12.0 Å². The van der Waals surface area contributed by atoms with Gasteiger partial charge < -0.3 is 10.1 Å². The summed E-state index contributed by atoms with van der Waals surface area (Å²) in [6.45, 7) is 4.41. The number of halogens is 1. The number of aryl methyl sites for hydroxylation is 1. The van der Waals surface area contributed by atoms with Gasteiger partial charge in [0.15, 0.2) is 0 Å². The molecule has 1 amide bonds. The standard InChI is InChI=1S/C17H18FNO2/c1-3-9-21-14-6-4-5-13(11-14)19-17(20)15-8-7-12(2)10-16(15)18/h4-8,10-11H,3,9H2,1-2H3,(H,19,20). The van der Waals surface area contributed by atoms with Crippen LogP contribution in [0.4, 0.5) is 10.1 Å². The van der Waals surface area contributed by atoms with Gasteiger partial charge >= 0.3 is 0 Å². The summed E-state index contributed by atoms with van der Waals surface area (Å²) in [7, 11) is 0. The number of nitrogens with one attached hydrogen (secondary N) is 1. The second-order valence-electron chi connectivity index (χ2n) is 4.81. The number of hydrogen-bond acceptors (Lipinski definition) is 2. The van der Waals surface area contributed by atoms with Crippen LogP contribution in [0.15, 0.2) is 42.5 Å². The Bertz CT molecular complexity index is 640. The molecule has 110 valence electrons. The number of ether oxygens (including phenoxy) is 1. The van der Waals surface area contributed by atoms with Gasteiger partial charge in [0.1, 0.15) is 11.6 Å². The van der Waals surface area contributed by atoms with Crippen LogP contribution >= 0.6 is 0 Å². The maximum Gasteiger partial charge on any atom is 0.258 e. The van der Waals surface area contributed by atoms with E-state index in [0.29, 0.717) is 18.0 Å². The predicted octanol–water partition coefficient (Wildman–Crippen LogP) is 4.18. The number of benzene rings is 2. The molecule has 0 aromatic heterocycles. The Hall–Kier alpha value is -2.36. The van der Waals surface area contributed by atoms with E-state index in [-0.39, 0.29) is 5.56 Å². The average molecular weight is 287 g/mol. The van der Waals surface area contributed by atoms with Crippen LogP contribution in [0.25, 0.3) is 0 Å². The van der Waals surface area contributed by atoms with E-state index < -0.39 is 11.7 Å². The van der Waals surface area contributed by atoms with Crippen LogP contribution < -0.4 is 10.1 Å². The fraction of sp³-hybridized carbons (Fsp3) is 0.235. The minimum atomic E-state index is -0.522. The molecule has 0 aliphatic carbocycles. The lowest BCUT2D eigenvalue weighted by atomic mass is 10.1. The molecule has 2 rings (SSSR count). The summed E-state index contributed by atoms with van der Waals surface area (Å²) >= 11 is 0. The Labute approximate surface area is 123 Å². The zero-order valence-electron chi connectivity index (χ0n) is 12.2. The van der Waals surface area contributed by atoms with Crippen molar-refractivity contribution in [2.45, 2.75) is 20.3 Å². The molecule has 0 spiro atoms. The van der Waals surface area contributed by atoms with Gasteiger partial charge in [0, 0.05) is 11.8 Å². The lowest BCUT2D eigenvalue weighted by molar-refractivity contribution is 0.102. The fourth-order valence-electron chi connectivity index (χ4n) is 1.89. The SMILES string of the molecule is CCCOc1cccc(NC(=O)c2ccc(C)cc2F)c1. The highest BCUT2D eigenvalue weighted by atomic mass is 19.1. The Morgan fingerprint density at radius 1 is 1.24 bits per heavy atom. The summed E-state index contributed by atoms with van der Waals surface area (Å²) in [5, 5.41) is 2.68. The van der Waals surface area contributed by atoms with E-state index in [2.05, 4.69) is 5.32 Å². The third-order valence-electron chi connectivity index (χ3n) is 2.93. The van der Waals surface area contributed by atoms with Crippen molar-refractivity contribution in [2.24, 2.45) is 0 Å². The molecular formula is C17H18FNO2. The summed E-state index contributed by atoms with van der Waals surface area (Å²) in [6.07, 6.45) is 0.908. The normalized spacial score (nSPS) is 10.2. The molecule has 1 N–H and O–H groups in total. The third-order valence-corrected chi connectivity index (χ3v) is 2.93. The number of anilines is 1. The molecule has 0 saturated heterocycles. The van der Waals surface area contributed by atoms with E-state index in [1.807, 2.05) is 13.0 Å². The molecule has 2 aromatic carbocycles. The van der Waals surface area contributed by atoms with Crippen LogP contribution in [0, 0.1) is 12.7 Å². The first kappa shape index (κ1) is 15.0. The number of carbonyl (C=O) groups excluding carboxylic acids is 1. The first-order chi connectivity index (χ1) is 10.1. The summed E-state index contributed by atoms with van der Waals surface area (Å²) < 4.78 is 19.3. The molecule has 0 radical (unpaired) electrons. The van der Waals surface area contributed by atoms with Gasteiger partial charge in [0.05, 0.1) is 12.2 Å². The van der Waals surface area contributed by atoms with Gasteiger partial charge in [-0.25, -0.2) is 4.39 Å². The molecule has 0 heterocycles. The van der Waals surface area contributed by atoms with Gasteiger partial charge in [0.25, 0.3) is 5.91 Å². The van der Waals surface area contributed by atoms with Crippen molar-refractivity contribution in [2.75, 3.05) is 11.9 Å². The average Bonchev–Trinajstić information content (AvgIpc) is 2.45. The van der Waals surface area contributed by atoms with Gasteiger partial charge in [0.2, 0.25) is 0 Å². The summed E-state index contributed by atoms with van der Waals surface area (Å²) in [5.74, 6) is -0.315. The number of amides is 1. The van der Waals surface area contributed by atoms with Crippen molar-refractivity contribution < 1.29 is 13.9 Å². The van der Waals surface area contributed by atoms with Crippen LogP contribution in [0.1, 0.15) is 29.3 Å². The largest absolute Gasteiger partial charge is 0.494 e. The molecule has 0 aliphatic heterocycles. The molecular weight excluding hydrogens is 269 g/mol. The highest BCUT2D eigenvalue weighted by molar-refractivity contribution is 6.04. The van der Waals surface area contributed by atoms with Crippen LogP contribution in [0.3, 0.4) is 0 Å². The smallest absolute Gasteiger partial charge is 0.258 e. The van der Waals surface area contributed by atoms with Crippen LogP contribution in [0.5, 0.6) is 5.75 Å². The van der Waals surface area contributed by atoms with Crippen LogP contribution in [-0.2, 0) is 0 Å². The van der Waals surface area contributed by atoms with Crippen molar-refractivity contribution in [3.8, 4) is 5.75 Å². The maximum absolute atomic E-state index is 13.8. The molecule has 0 aliphatic rings. The summed E-state index contributed by atoms with van der Waals surface area (Å²) in [5.41, 5.74) is 1.38. The molecule has 0 atom stereocenters. The minimum Gasteiger partial charge on any atom is -0.494 e. The number of carbonyl (C=O) groups is 1. The van der Waals surface area contributed by atoms with E-state index in [1.165, 1.54) is 12.1 Å². The second kappa shape index (κ2) is 6.88. The molecule has 0 bridgehead atoms. The highest BCUT2D eigenvalue weighted by Gasteiger charge is 2.12. The predicted molar refractivity (Wildman–Crippen MR) is 81.3 cm³/mol. The topological polar surface area (TPSA) is 38.3 Å². The van der Waals surface area contributed by atoms with Crippen molar-refractivity contribution in [1.29, 1.82) is 0 Å². The molecule has 0 fully saturated rings. The van der Waals surface area contributed by atoms with Gasteiger partial charge in [-0.2, -0.15) is 0 Å². The zero-order chi connectivity index (χ0) is 15.2. The molecule has 0 saturated carbocycles. The Kier molecular flexibility index (Phi) is 4.93. The molecule has 0 unspecified atom stereocenters. The molecule has 3 nitrogen and oxygen atoms in total. The minimum absolute atomic E-state index is 0.0282. The Morgan fingerprint density at radius 3 is 2.76 bits per heavy atom. The van der Waals surface area contributed by atoms with E-state index >= 15 is 0 Å². The first-order valence-corrected chi connectivity index (χ1v) is 6.90. The van der Waals surface area contributed by atoms with Gasteiger partial charge in [-0.3, -0.25) is 4.79 Å². The lowest BCUT2D eigenvalue weighted by Crippen LogP contribution is -2.13. The molecule has 2 aromatic rings. The van der Waals surface area contributed by atoms with Crippen molar-refractivity contribution in [1.82, 2.24) is 0 Å². The first-order valence-electron chi connectivity index (χ1n) is 6.90. The van der Waals surface area contributed by atoms with E-state index in [4.69, 9.17) is 4.74 Å². The van der Waals surface area contributed by atoms with E-state index in [9.17, 15) is 9.18 Å². The Balaban J connectivity index is 2.12. The second-order valence-corrected chi connectivity index (χ2v) is 4.81. The quantitative estimate of drug-likeness (QED) is 0.896. The highest BCUT2D eigenvalue weighted by Crippen LogP contribution is 2.19. The van der Waals surface area contributed by atoms with Crippen molar-refractivity contribution in [3.63, 3.8) is 0 Å². The molecule has 4 heteroatoms. The summed E-state index contributed by atoms with van der Waals surface area (Å²) in [4.78, 5) is 12.1. The maximum atomic E-state index is 13.8. The molecule has 21 heavy (non-hydrogen) atoms. The van der Waals surface area contributed by atoms with Gasteiger partial charge in [-0.15, -0.1) is 0 Å². The fourth-order valence-corrected chi connectivity index (χ4v) is 1.89. The zero-order valence-corrected chi connectivity index (χ0v) is 12.2. The number of hydrogen-bond donors (Lipinski definition) is 1. The number of rotatable bonds is 5. The van der Waals surface area contributed by atoms with Gasteiger partial charge in [-0.05, 0) is 43.2 Å². The lowest BCUT2D eigenvalue weighted by Gasteiger charge is -2.09. The summed E-state index contributed by atoms with van der Waals surface area (Å²) in [6, 6.07) is 11.6. The third kappa shape index (κ3) is 4.05. The van der Waals surface area contributed by atoms with Crippen molar-refractivity contribution in [3.05, 3.63) is 59.4 Å². The van der Waals surface area contributed by atoms with Crippen molar-refractivity contribution >= 4 is 11.6 Å². The monoisotopic (exact) mass is 287 g/mol.